The number of carbonyl (C=O) groups excluding carboxylic acids is 1. The predicted molar refractivity (Wildman–Crippen MR) is 96.7 cm³/mol. The minimum atomic E-state index is 0. The summed E-state index contributed by atoms with van der Waals surface area (Å²) in [6, 6.07) is 7.95. The minimum absolute atomic E-state index is 0. The molecule has 2 rings (SSSR count). The van der Waals surface area contributed by atoms with Gasteiger partial charge >= 0.3 is 0 Å². The number of hydrogen-bond acceptors (Lipinski definition) is 3. The van der Waals surface area contributed by atoms with Crippen LogP contribution < -0.4 is 10.1 Å². The maximum Gasteiger partial charge on any atom is 0.254 e. The Morgan fingerprint density at radius 2 is 2.00 bits per heavy atom. The summed E-state index contributed by atoms with van der Waals surface area (Å²) in [7, 11) is 0. The minimum Gasteiger partial charge on any atom is -0.494 e. The highest BCUT2D eigenvalue weighted by molar-refractivity contribution is 5.94. The van der Waals surface area contributed by atoms with Gasteiger partial charge in [-0.05, 0) is 57.0 Å². The molecule has 0 radical (unpaired) electrons. The number of nitrogens with one attached hydrogen (secondary N) is 1. The van der Waals surface area contributed by atoms with Crippen LogP contribution in [0.5, 0.6) is 5.75 Å². The van der Waals surface area contributed by atoms with Gasteiger partial charge in [-0.3, -0.25) is 4.79 Å². The zero-order valence-corrected chi connectivity index (χ0v) is 15.0. The normalized spacial score (nSPS) is 14.9. The number of nitrogens with zero attached hydrogens (tertiary/aromatic N) is 1. The lowest BCUT2D eigenvalue weighted by atomic mass is 10.0. The van der Waals surface area contributed by atoms with E-state index in [1.807, 2.05) is 24.3 Å². The van der Waals surface area contributed by atoms with E-state index in [-0.39, 0.29) is 18.3 Å². The van der Waals surface area contributed by atoms with E-state index < -0.39 is 0 Å². The van der Waals surface area contributed by atoms with E-state index in [1.54, 1.807) is 0 Å². The lowest BCUT2D eigenvalue weighted by molar-refractivity contribution is 0.0642. The van der Waals surface area contributed by atoms with E-state index in [0.29, 0.717) is 12.6 Å². The quantitative estimate of drug-likeness (QED) is 0.826. The molecule has 0 saturated carbocycles. The van der Waals surface area contributed by atoms with Crippen molar-refractivity contribution in [3.63, 3.8) is 0 Å². The molecule has 0 bridgehead atoms. The molecule has 1 fully saturated rings. The Balaban J connectivity index is 0.00000264. The molecule has 1 aromatic carbocycles. The predicted octanol–water partition coefficient (Wildman–Crippen LogP) is 3.50. The molecular weight excluding hydrogens is 312 g/mol. The SMILES string of the molecule is CCCOc1cccc(C(=O)N(CCC)C2CCNCC2)c1.Cl. The number of benzene rings is 1. The third kappa shape index (κ3) is 5.70. The largest absolute Gasteiger partial charge is 0.494 e. The first kappa shape index (κ1) is 19.8. The maximum atomic E-state index is 12.9. The van der Waals surface area contributed by atoms with E-state index in [4.69, 9.17) is 4.74 Å². The van der Waals surface area contributed by atoms with Gasteiger partial charge in [-0.15, -0.1) is 12.4 Å². The molecular formula is C18H29ClN2O2. The Morgan fingerprint density at radius 3 is 2.65 bits per heavy atom. The average molecular weight is 341 g/mol. The number of halogens is 1. The van der Waals surface area contributed by atoms with Gasteiger partial charge in [0.1, 0.15) is 5.75 Å². The molecule has 0 unspecified atom stereocenters. The first-order valence-electron chi connectivity index (χ1n) is 8.50. The zero-order valence-electron chi connectivity index (χ0n) is 14.2. The molecule has 1 aliphatic heterocycles. The van der Waals surface area contributed by atoms with Crippen LogP contribution in [0, 0.1) is 0 Å². The smallest absolute Gasteiger partial charge is 0.254 e. The molecule has 5 heteroatoms. The molecule has 0 aromatic heterocycles. The summed E-state index contributed by atoms with van der Waals surface area (Å²) in [5.41, 5.74) is 0.737. The van der Waals surface area contributed by atoms with Crippen molar-refractivity contribution in [3.8, 4) is 5.75 Å². The summed E-state index contributed by atoms with van der Waals surface area (Å²) in [6.45, 7) is 7.71. The molecule has 0 spiro atoms. The summed E-state index contributed by atoms with van der Waals surface area (Å²) >= 11 is 0. The topological polar surface area (TPSA) is 41.6 Å². The van der Waals surface area contributed by atoms with Crippen LogP contribution in [0.3, 0.4) is 0 Å². The summed E-state index contributed by atoms with van der Waals surface area (Å²) in [6.07, 6.45) is 4.03. The first-order valence-corrected chi connectivity index (χ1v) is 8.50. The summed E-state index contributed by atoms with van der Waals surface area (Å²) in [5.74, 6) is 0.921. The lowest BCUT2D eigenvalue weighted by Crippen LogP contribution is -2.46. The van der Waals surface area contributed by atoms with Crippen molar-refractivity contribution in [1.29, 1.82) is 0 Å². The van der Waals surface area contributed by atoms with Crippen molar-refractivity contribution >= 4 is 18.3 Å². The van der Waals surface area contributed by atoms with Crippen molar-refractivity contribution in [2.45, 2.75) is 45.6 Å². The van der Waals surface area contributed by atoms with Gasteiger partial charge in [0.25, 0.3) is 5.91 Å². The van der Waals surface area contributed by atoms with Crippen molar-refractivity contribution in [2.75, 3.05) is 26.2 Å². The molecule has 1 N–H and O–H groups in total. The Hall–Kier alpha value is -1.26. The highest BCUT2D eigenvalue weighted by Crippen LogP contribution is 2.19. The Morgan fingerprint density at radius 1 is 1.26 bits per heavy atom. The summed E-state index contributed by atoms with van der Waals surface area (Å²) in [5, 5.41) is 3.36. The Labute approximate surface area is 146 Å². The molecule has 130 valence electrons. The Kier molecular flexibility index (Phi) is 9.03. The molecule has 23 heavy (non-hydrogen) atoms. The standard InChI is InChI=1S/C18H28N2O2.ClH/c1-3-12-20(16-8-10-19-11-9-16)18(21)15-6-5-7-17(14-15)22-13-4-2;/h5-7,14,16,19H,3-4,8-13H2,1-2H3;1H. The third-order valence-corrected chi connectivity index (χ3v) is 4.03. The summed E-state index contributed by atoms with van der Waals surface area (Å²) < 4.78 is 5.65. The number of hydrogen-bond donors (Lipinski definition) is 1. The van der Waals surface area contributed by atoms with E-state index in [2.05, 4.69) is 24.1 Å². The van der Waals surface area contributed by atoms with Crippen LogP contribution >= 0.6 is 12.4 Å². The van der Waals surface area contributed by atoms with Crippen molar-refractivity contribution in [3.05, 3.63) is 29.8 Å². The fraction of sp³-hybridized carbons (Fsp3) is 0.611. The number of ether oxygens (including phenoxy) is 1. The lowest BCUT2D eigenvalue weighted by Gasteiger charge is -2.34. The third-order valence-electron chi connectivity index (χ3n) is 4.03. The second-order valence-electron chi connectivity index (χ2n) is 5.86. The van der Waals surface area contributed by atoms with Gasteiger partial charge in [0, 0.05) is 18.2 Å². The van der Waals surface area contributed by atoms with Crippen LogP contribution in [0.2, 0.25) is 0 Å². The molecule has 4 nitrogen and oxygen atoms in total. The Bertz CT molecular complexity index is 476. The fourth-order valence-electron chi connectivity index (χ4n) is 2.91. The highest BCUT2D eigenvalue weighted by atomic mass is 35.5. The van der Waals surface area contributed by atoms with E-state index in [9.17, 15) is 4.79 Å². The van der Waals surface area contributed by atoms with Crippen LogP contribution in [-0.2, 0) is 0 Å². The number of rotatable bonds is 7. The second kappa shape index (κ2) is 10.5. The van der Waals surface area contributed by atoms with Crippen LogP contribution in [-0.4, -0.2) is 43.1 Å². The van der Waals surface area contributed by atoms with E-state index >= 15 is 0 Å². The monoisotopic (exact) mass is 340 g/mol. The van der Waals surface area contributed by atoms with E-state index in [0.717, 1.165) is 56.6 Å². The van der Waals surface area contributed by atoms with Crippen LogP contribution in [0.1, 0.15) is 49.9 Å². The molecule has 1 aliphatic rings. The van der Waals surface area contributed by atoms with Crippen molar-refractivity contribution in [1.82, 2.24) is 10.2 Å². The number of piperidine rings is 1. The van der Waals surface area contributed by atoms with E-state index in [1.165, 1.54) is 0 Å². The zero-order chi connectivity index (χ0) is 15.8. The average Bonchev–Trinajstić information content (AvgIpc) is 2.58. The molecule has 1 amide bonds. The maximum absolute atomic E-state index is 12.9. The van der Waals surface area contributed by atoms with Gasteiger partial charge in [-0.1, -0.05) is 19.9 Å². The highest BCUT2D eigenvalue weighted by Gasteiger charge is 2.25. The van der Waals surface area contributed by atoms with Crippen LogP contribution in [0.15, 0.2) is 24.3 Å². The molecule has 1 aromatic rings. The van der Waals surface area contributed by atoms with Crippen LogP contribution in [0.4, 0.5) is 0 Å². The van der Waals surface area contributed by atoms with Gasteiger partial charge in [0.15, 0.2) is 0 Å². The second-order valence-corrected chi connectivity index (χ2v) is 5.86. The molecule has 0 aliphatic carbocycles. The molecule has 1 heterocycles. The van der Waals surface area contributed by atoms with Gasteiger partial charge in [0.2, 0.25) is 0 Å². The first-order chi connectivity index (χ1) is 10.8. The summed E-state index contributed by atoms with van der Waals surface area (Å²) in [4.78, 5) is 15.0. The van der Waals surface area contributed by atoms with Gasteiger partial charge in [0.05, 0.1) is 6.61 Å². The number of amides is 1. The van der Waals surface area contributed by atoms with Crippen molar-refractivity contribution in [2.24, 2.45) is 0 Å². The van der Waals surface area contributed by atoms with Gasteiger partial charge < -0.3 is 15.0 Å². The van der Waals surface area contributed by atoms with Crippen molar-refractivity contribution < 1.29 is 9.53 Å². The number of carbonyl (C=O) groups is 1. The fourth-order valence-corrected chi connectivity index (χ4v) is 2.91. The van der Waals surface area contributed by atoms with Gasteiger partial charge in [-0.2, -0.15) is 0 Å². The molecule has 0 atom stereocenters. The van der Waals surface area contributed by atoms with Gasteiger partial charge in [-0.25, -0.2) is 0 Å². The van der Waals surface area contributed by atoms with Crippen LogP contribution in [0.25, 0.3) is 0 Å². The molecule has 1 saturated heterocycles.